The summed E-state index contributed by atoms with van der Waals surface area (Å²) in [5.74, 6) is 1.18. The normalized spacial score (nSPS) is 10.7. The van der Waals surface area contributed by atoms with Gasteiger partial charge in [0.05, 0.1) is 0 Å². The van der Waals surface area contributed by atoms with Crippen LogP contribution >= 0.6 is 11.6 Å². The minimum Gasteiger partial charge on any atom is -0.341 e. The molecular weight excluding hydrogens is 350 g/mol. The topological polar surface area (TPSA) is 59.2 Å². The fraction of sp³-hybridized carbons (Fsp3) is 0.250. The van der Waals surface area contributed by atoms with Gasteiger partial charge in [-0.15, -0.1) is 0 Å². The standard InChI is InChI=1S/C20H20ClN3O2/c1-24(14-16-10-5-6-11-17(16)21)19(25)13-7-12-18-22-20(23-26-18)15-8-3-2-4-9-15/h2-6,8-11H,7,12-14H2,1H3. The third-order valence-corrected chi connectivity index (χ3v) is 4.44. The number of aromatic nitrogens is 2. The van der Waals surface area contributed by atoms with Gasteiger partial charge in [-0.05, 0) is 18.1 Å². The number of benzene rings is 2. The van der Waals surface area contributed by atoms with Crippen LogP contribution in [0.15, 0.2) is 59.1 Å². The minimum atomic E-state index is 0.0627. The molecule has 0 N–H and O–H groups in total. The van der Waals surface area contributed by atoms with Crippen LogP contribution in [0.4, 0.5) is 0 Å². The molecule has 1 heterocycles. The average molecular weight is 370 g/mol. The molecular formula is C20H20ClN3O2. The predicted molar refractivity (Wildman–Crippen MR) is 101 cm³/mol. The Morgan fingerprint density at radius 1 is 1.12 bits per heavy atom. The molecule has 0 saturated heterocycles. The molecule has 0 aliphatic rings. The number of rotatable bonds is 7. The van der Waals surface area contributed by atoms with Crippen LogP contribution in [0.25, 0.3) is 11.4 Å². The Labute approximate surface area is 157 Å². The molecule has 0 bridgehead atoms. The van der Waals surface area contributed by atoms with Gasteiger partial charge in [0.25, 0.3) is 0 Å². The molecule has 134 valence electrons. The maximum atomic E-state index is 12.3. The highest BCUT2D eigenvalue weighted by molar-refractivity contribution is 6.31. The zero-order valence-electron chi connectivity index (χ0n) is 14.6. The number of aryl methyl sites for hydroxylation is 1. The molecule has 26 heavy (non-hydrogen) atoms. The predicted octanol–water partition coefficient (Wildman–Crippen LogP) is 4.37. The molecule has 0 spiro atoms. The van der Waals surface area contributed by atoms with E-state index in [4.69, 9.17) is 16.1 Å². The van der Waals surface area contributed by atoms with Crippen LogP contribution in [-0.4, -0.2) is 28.0 Å². The Morgan fingerprint density at radius 3 is 2.62 bits per heavy atom. The van der Waals surface area contributed by atoms with Crippen molar-refractivity contribution in [3.8, 4) is 11.4 Å². The van der Waals surface area contributed by atoms with Gasteiger partial charge in [-0.2, -0.15) is 4.98 Å². The third kappa shape index (κ3) is 4.70. The monoisotopic (exact) mass is 369 g/mol. The second-order valence-corrected chi connectivity index (χ2v) is 6.48. The summed E-state index contributed by atoms with van der Waals surface area (Å²) >= 11 is 6.14. The van der Waals surface area contributed by atoms with Crippen LogP contribution in [0, 0.1) is 0 Å². The first-order chi connectivity index (χ1) is 12.6. The van der Waals surface area contributed by atoms with Crippen molar-refractivity contribution in [2.45, 2.75) is 25.8 Å². The summed E-state index contributed by atoms with van der Waals surface area (Å²) in [4.78, 5) is 18.4. The summed E-state index contributed by atoms with van der Waals surface area (Å²) in [7, 11) is 1.78. The molecule has 0 saturated carbocycles. The van der Waals surface area contributed by atoms with Gasteiger partial charge in [0.15, 0.2) is 0 Å². The quantitative estimate of drug-likeness (QED) is 0.620. The first-order valence-corrected chi connectivity index (χ1v) is 8.86. The molecule has 3 rings (SSSR count). The van der Waals surface area contributed by atoms with Crippen molar-refractivity contribution in [1.29, 1.82) is 0 Å². The molecule has 0 aliphatic carbocycles. The Morgan fingerprint density at radius 2 is 1.85 bits per heavy atom. The molecule has 0 unspecified atom stereocenters. The number of hydrogen-bond donors (Lipinski definition) is 0. The van der Waals surface area contributed by atoms with E-state index in [1.54, 1.807) is 11.9 Å². The van der Waals surface area contributed by atoms with Crippen molar-refractivity contribution in [3.63, 3.8) is 0 Å². The van der Waals surface area contributed by atoms with Gasteiger partial charge in [0, 0.05) is 37.0 Å². The number of carbonyl (C=O) groups is 1. The molecule has 2 aromatic carbocycles. The van der Waals surface area contributed by atoms with Crippen LogP contribution in [0.5, 0.6) is 0 Å². The molecule has 0 aliphatic heterocycles. The smallest absolute Gasteiger partial charge is 0.226 e. The number of carbonyl (C=O) groups excluding carboxylic acids is 1. The lowest BCUT2D eigenvalue weighted by molar-refractivity contribution is -0.130. The van der Waals surface area contributed by atoms with E-state index in [2.05, 4.69) is 10.1 Å². The lowest BCUT2D eigenvalue weighted by Crippen LogP contribution is -2.26. The second kappa shape index (κ2) is 8.63. The number of nitrogens with zero attached hydrogens (tertiary/aromatic N) is 3. The third-order valence-electron chi connectivity index (χ3n) is 4.07. The van der Waals surface area contributed by atoms with Gasteiger partial charge in [0.1, 0.15) is 0 Å². The van der Waals surface area contributed by atoms with Gasteiger partial charge in [-0.25, -0.2) is 0 Å². The first-order valence-electron chi connectivity index (χ1n) is 8.49. The highest BCUT2D eigenvalue weighted by Crippen LogP contribution is 2.18. The lowest BCUT2D eigenvalue weighted by Gasteiger charge is -2.17. The van der Waals surface area contributed by atoms with E-state index in [-0.39, 0.29) is 5.91 Å². The van der Waals surface area contributed by atoms with Crippen LogP contribution in [0.2, 0.25) is 5.02 Å². The molecule has 0 fully saturated rings. The van der Waals surface area contributed by atoms with E-state index < -0.39 is 0 Å². The van der Waals surface area contributed by atoms with Crippen LogP contribution in [0.1, 0.15) is 24.3 Å². The maximum absolute atomic E-state index is 12.3. The van der Waals surface area contributed by atoms with Crippen molar-refractivity contribution < 1.29 is 9.32 Å². The van der Waals surface area contributed by atoms with Gasteiger partial charge >= 0.3 is 0 Å². The average Bonchev–Trinajstić information content (AvgIpc) is 3.13. The van der Waals surface area contributed by atoms with E-state index in [0.717, 1.165) is 11.1 Å². The summed E-state index contributed by atoms with van der Waals surface area (Å²) < 4.78 is 5.27. The Hall–Kier alpha value is -2.66. The van der Waals surface area contributed by atoms with Gasteiger partial charge in [-0.1, -0.05) is 65.3 Å². The second-order valence-electron chi connectivity index (χ2n) is 6.07. The lowest BCUT2D eigenvalue weighted by atomic mass is 10.2. The van der Waals surface area contributed by atoms with Crippen molar-refractivity contribution >= 4 is 17.5 Å². The fourth-order valence-corrected chi connectivity index (χ4v) is 2.81. The van der Waals surface area contributed by atoms with Crippen LogP contribution in [-0.2, 0) is 17.8 Å². The van der Waals surface area contributed by atoms with E-state index in [1.165, 1.54) is 0 Å². The number of amides is 1. The maximum Gasteiger partial charge on any atom is 0.226 e. The minimum absolute atomic E-state index is 0.0627. The summed E-state index contributed by atoms with van der Waals surface area (Å²) in [6.07, 6.45) is 1.65. The van der Waals surface area contributed by atoms with Crippen molar-refractivity contribution in [2.24, 2.45) is 0 Å². The SMILES string of the molecule is CN(Cc1ccccc1Cl)C(=O)CCCc1nc(-c2ccccc2)no1. The highest BCUT2D eigenvalue weighted by Gasteiger charge is 2.13. The van der Waals surface area contributed by atoms with Gasteiger partial charge in [0.2, 0.25) is 17.6 Å². The van der Waals surface area contributed by atoms with Crippen LogP contribution < -0.4 is 0 Å². The van der Waals surface area contributed by atoms with E-state index >= 15 is 0 Å². The zero-order valence-corrected chi connectivity index (χ0v) is 15.3. The largest absolute Gasteiger partial charge is 0.341 e. The highest BCUT2D eigenvalue weighted by atomic mass is 35.5. The Balaban J connectivity index is 1.48. The molecule has 6 heteroatoms. The zero-order chi connectivity index (χ0) is 18.4. The molecule has 1 aromatic heterocycles. The van der Waals surface area contributed by atoms with Gasteiger partial charge in [-0.3, -0.25) is 4.79 Å². The summed E-state index contributed by atoms with van der Waals surface area (Å²) in [5.41, 5.74) is 1.85. The van der Waals surface area contributed by atoms with E-state index in [1.807, 2.05) is 54.6 Å². The molecule has 1 amide bonds. The summed E-state index contributed by atoms with van der Waals surface area (Å²) in [6.45, 7) is 0.497. The first kappa shape index (κ1) is 18.1. The summed E-state index contributed by atoms with van der Waals surface area (Å²) in [6, 6.07) is 17.2. The van der Waals surface area contributed by atoms with E-state index in [0.29, 0.717) is 42.5 Å². The number of halogens is 1. The Kier molecular flexibility index (Phi) is 6.02. The van der Waals surface area contributed by atoms with Gasteiger partial charge < -0.3 is 9.42 Å². The van der Waals surface area contributed by atoms with E-state index in [9.17, 15) is 4.79 Å². The van der Waals surface area contributed by atoms with Crippen molar-refractivity contribution in [1.82, 2.24) is 15.0 Å². The van der Waals surface area contributed by atoms with Crippen LogP contribution in [0.3, 0.4) is 0 Å². The molecule has 0 radical (unpaired) electrons. The molecule has 3 aromatic rings. The number of hydrogen-bond acceptors (Lipinski definition) is 4. The molecule has 0 atom stereocenters. The molecule has 5 nitrogen and oxygen atoms in total. The van der Waals surface area contributed by atoms with Crippen molar-refractivity contribution in [3.05, 3.63) is 71.1 Å². The van der Waals surface area contributed by atoms with Crippen molar-refractivity contribution in [2.75, 3.05) is 7.05 Å². The Bertz CT molecular complexity index is 864. The fourth-order valence-electron chi connectivity index (χ4n) is 2.61. The summed E-state index contributed by atoms with van der Waals surface area (Å²) in [5, 5.41) is 4.66.